The van der Waals surface area contributed by atoms with E-state index in [0.29, 0.717) is 0 Å². The van der Waals surface area contributed by atoms with Crippen molar-refractivity contribution in [3.05, 3.63) is 34.2 Å². The Morgan fingerprint density at radius 1 is 1.64 bits per heavy atom. The predicted molar refractivity (Wildman–Crippen MR) is 57.4 cm³/mol. The average Bonchev–Trinajstić information content (AvgIpc) is 2.51. The number of carbonyl (C=O) groups is 1. The van der Waals surface area contributed by atoms with E-state index >= 15 is 0 Å². The van der Waals surface area contributed by atoms with Crippen LogP contribution in [0.2, 0.25) is 0 Å². The van der Waals surface area contributed by atoms with Crippen LogP contribution in [0.1, 0.15) is 22.7 Å². The normalized spacial score (nSPS) is 13.0. The quantitative estimate of drug-likeness (QED) is 0.751. The molecule has 1 aromatic rings. The highest BCUT2D eigenvalue weighted by Crippen LogP contribution is 2.21. The Hall–Kier alpha value is -1.29. The number of aliphatic carboxylic acids is 1. The number of rotatable bonds is 4. The first-order valence-corrected chi connectivity index (χ1v) is 5.13. The fraction of sp³-hybridized carbons (Fsp3) is 0.300. The Balaban J connectivity index is 2.50. The Bertz CT molecular complexity index is 344. The van der Waals surface area contributed by atoms with Crippen LogP contribution in [0.5, 0.6) is 0 Å². The maximum absolute atomic E-state index is 10.2. The minimum absolute atomic E-state index is 0.157. The fourth-order valence-corrected chi connectivity index (χ4v) is 1.92. The molecule has 1 atom stereocenters. The lowest BCUT2D eigenvalue weighted by Gasteiger charge is -2.08. The Labute approximate surface area is 87.1 Å². The topological polar surface area (TPSA) is 49.3 Å². The van der Waals surface area contributed by atoms with Gasteiger partial charge in [-0.1, -0.05) is 0 Å². The van der Waals surface area contributed by atoms with E-state index in [1.165, 1.54) is 16.0 Å². The van der Waals surface area contributed by atoms with E-state index in [2.05, 4.69) is 11.4 Å². The van der Waals surface area contributed by atoms with Crippen LogP contribution in [-0.2, 0) is 4.79 Å². The standard InChI is InChI=1S/C10H13NO2S/c1-7-3-4-9(14-7)8(2)11-6-5-10(12)13/h3-6,8,11H,1-2H3,(H,12,13)/b6-5+. The van der Waals surface area contributed by atoms with Gasteiger partial charge < -0.3 is 10.4 Å². The lowest BCUT2D eigenvalue weighted by Crippen LogP contribution is -2.10. The molecule has 1 unspecified atom stereocenters. The molecule has 0 amide bonds. The smallest absolute Gasteiger partial charge is 0.329 e. The number of carboxylic acid groups (broad SMARTS) is 1. The first-order chi connectivity index (χ1) is 6.59. The van der Waals surface area contributed by atoms with E-state index in [9.17, 15) is 4.79 Å². The molecule has 76 valence electrons. The van der Waals surface area contributed by atoms with Crippen molar-refractivity contribution in [1.82, 2.24) is 5.32 Å². The molecule has 3 nitrogen and oxygen atoms in total. The zero-order chi connectivity index (χ0) is 10.6. The van der Waals surface area contributed by atoms with E-state index < -0.39 is 5.97 Å². The summed E-state index contributed by atoms with van der Waals surface area (Å²) in [6.45, 7) is 4.05. The predicted octanol–water partition coefficient (Wildman–Crippen LogP) is 2.31. The summed E-state index contributed by atoms with van der Waals surface area (Å²) in [5.41, 5.74) is 0. The third-order valence-corrected chi connectivity index (χ3v) is 2.94. The fourth-order valence-electron chi connectivity index (χ4n) is 1.03. The minimum Gasteiger partial charge on any atom is -0.478 e. The Kier molecular flexibility index (Phi) is 3.71. The van der Waals surface area contributed by atoms with Gasteiger partial charge in [0.25, 0.3) is 0 Å². The number of thiophene rings is 1. The van der Waals surface area contributed by atoms with Crippen LogP contribution in [0.4, 0.5) is 0 Å². The van der Waals surface area contributed by atoms with Gasteiger partial charge in [-0.25, -0.2) is 4.79 Å². The van der Waals surface area contributed by atoms with Crippen molar-refractivity contribution in [3.63, 3.8) is 0 Å². The molecule has 4 heteroatoms. The van der Waals surface area contributed by atoms with Gasteiger partial charge in [-0.3, -0.25) is 0 Å². The van der Waals surface area contributed by atoms with Gasteiger partial charge in [-0.05, 0) is 26.0 Å². The van der Waals surface area contributed by atoms with Gasteiger partial charge in [0, 0.05) is 22.0 Å². The zero-order valence-electron chi connectivity index (χ0n) is 8.15. The van der Waals surface area contributed by atoms with Gasteiger partial charge in [0.15, 0.2) is 0 Å². The maximum Gasteiger partial charge on any atom is 0.329 e. The number of nitrogens with one attached hydrogen (secondary N) is 1. The summed E-state index contributed by atoms with van der Waals surface area (Å²) >= 11 is 1.71. The third-order valence-electron chi connectivity index (χ3n) is 1.76. The molecule has 0 fully saturated rings. The number of aryl methyl sites for hydroxylation is 1. The highest BCUT2D eigenvalue weighted by molar-refractivity contribution is 7.12. The molecule has 0 bridgehead atoms. The van der Waals surface area contributed by atoms with Crippen molar-refractivity contribution < 1.29 is 9.90 Å². The minimum atomic E-state index is -0.938. The second kappa shape index (κ2) is 4.81. The van der Waals surface area contributed by atoms with Crippen LogP contribution in [-0.4, -0.2) is 11.1 Å². The zero-order valence-corrected chi connectivity index (χ0v) is 8.97. The van der Waals surface area contributed by atoms with Crippen LogP contribution < -0.4 is 5.32 Å². The molecule has 0 aliphatic heterocycles. The second-order valence-electron chi connectivity index (χ2n) is 3.01. The molecular formula is C10H13NO2S. The van der Waals surface area contributed by atoms with Gasteiger partial charge in [-0.2, -0.15) is 0 Å². The molecule has 0 aliphatic rings. The van der Waals surface area contributed by atoms with Crippen LogP contribution in [0.15, 0.2) is 24.4 Å². The van der Waals surface area contributed by atoms with E-state index in [1.807, 2.05) is 19.9 Å². The first-order valence-electron chi connectivity index (χ1n) is 4.31. The van der Waals surface area contributed by atoms with E-state index in [1.54, 1.807) is 11.3 Å². The van der Waals surface area contributed by atoms with Gasteiger partial charge in [-0.15, -0.1) is 11.3 Å². The van der Waals surface area contributed by atoms with Gasteiger partial charge in [0.1, 0.15) is 0 Å². The van der Waals surface area contributed by atoms with Crippen molar-refractivity contribution in [2.24, 2.45) is 0 Å². The largest absolute Gasteiger partial charge is 0.478 e. The molecule has 1 aromatic heterocycles. The van der Waals surface area contributed by atoms with E-state index in [4.69, 9.17) is 5.11 Å². The molecule has 0 aliphatic carbocycles. The van der Waals surface area contributed by atoms with Crippen molar-refractivity contribution in [3.8, 4) is 0 Å². The first kappa shape index (κ1) is 10.8. The molecule has 1 heterocycles. The summed E-state index contributed by atoms with van der Waals surface area (Å²) in [6.07, 6.45) is 2.55. The SMILES string of the molecule is Cc1ccc(C(C)N/C=C/C(=O)O)s1. The number of hydrogen-bond acceptors (Lipinski definition) is 3. The number of hydrogen-bond donors (Lipinski definition) is 2. The monoisotopic (exact) mass is 211 g/mol. The van der Waals surface area contributed by atoms with Gasteiger partial charge in [0.05, 0.1) is 6.04 Å². The van der Waals surface area contributed by atoms with Crippen LogP contribution in [0.3, 0.4) is 0 Å². The summed E-state index contributed by atoms with van der Waals surface area (Å²) in [5, 5.41) is 11.4. The molecule has 0 aromatic carbocycles. The molecular weight excluding hydrogens is 198 g/mol. The van der Waals surface area contributed by atoms with Crippen molar-refractivity contribution in [1.29, 1.82) is 0 Å². The molecule has 0 saturated carbocycles. The highest BCUT2D eigenvalue weighted by Gasteiger charge is 2.04. The van der Waals surface area contributed by atoms with Crippen LogP contribution >= 0.6 is 11.3 Å². The summed E-state index contributed by atoms with van der Waals surface area (Å²) in [7, 11) is 0. The van der Waals surface area contributed by atoms with Gasteiger partial charge >= 0.3 is 5.97 Å². The van der Waals surface area contributed by atoms with Crippen molar-refractivity contribution in [2.45, 2.75) is 19.9 Å². The summed E-state index contributed by atoms with van der Waals surface area (Å²) in [6, 6.07) is 4.26. The van der Waals surface area contributed by atoms with Crippen LogP contribution in [0.25, 0.3) is 0 Å². The highest BCUT2D eigenvalue weighted by atomic mass is 32.1. The molecule has 0 saturated heterocycles. The molecule has 0 radical (unpaired) electrons. The van der Waals surface area contributed by atoms with E-state index in [-0.39, 0.29) is 6.04 Å². The van der Waals surface area contributed by atoms with Crippen LogP contribution in [0, 0.1) is 6.92 Å². The maximum atomic E-state index is 10.2. The average molecular weight is 211 g/mol. The molecule has 0 spiro atoms. The van der Waals surface area contributed by atoms with Crippen molar-refractivity contribution >= 4 is 17.3 Å². The van der Waals surface area contributed by atoms with Gasteiger partial charge in [0.2, 0.25) is 0 Å². The molecule has 14 heavy (non-hydrogen) atoms. The molecule has 1 rings (SSSR count). The number of carboxylic acids is 1. The van der Waals surface area contributed by atoms with Crippen molar-refractivity contribution in [2.75, 3.05) is 0 Å². The lowest BCUT2D eigenvalue weighted by molar-refractivity contribution is -0.131. The van der Waals surface area contributed by atoms with E-state index in [0.717, 1.165) is 6.08 Å². The molecule has 2 N–H and O–H groups in total. The summed E-state index contributed by atoms with van der Waals surface area (Å²) in [4.78, 5) is 12.7. The summed E-state index contributed by atoms with van der Waals surface area (Å²) < 4.78 is 0. The summed E-state index contributed by atoms with van der Waals surface area (Å²) in [5.74, 6) is -0.938. The Morgan fingerprint density at radius 3 is 2.86 bits per heavy atom. The lowest BCUT2D eigenvalue weighted by atomic mass is 10.3. The third kappa shape index (κ3) is 3.22. The Morgan fingerprint density at radius 2 is 2.36 bits per heavy atom. The second-order valence-corrected chi connectivity index (χ2v) is 4.33.